The van der Waals surface area contributed by atoms with E-state index in [2.05, 4.69) is 0 Å². The van der Waals surface area contributed by atoms with E-state index in [-0.39, 0.29) is 73.8 Å². The molecule has 0 N–H and O–H groups in total. The van der Waals surface area contributed by atoms with Crippen molar-refractivity contribution in [2.45, 2.75) is 13.8 Å². The Bertz CT molecular complexity index is 1920. The molecule has 2 aliphatic heterocycles. The van der Waals surface area contributed by atoms with Crippen LogP contribution in [0.15, 0.2) is 66.7 Å². The predicted molar refractivity (Wildman–Crippen MR) is 156 cm³/mol. The number of carbonyl (C=O) groups excluding carboxylic acids is 6. The first-order chi connectivity index (χ1) is 20.7. The normalized spacial score (nSPS) is 13.9. The van der Waals surface area contributed by atoms with Gasteiger partial charge in [0.1, 0.15) is 0 Å². The Balaban J connectivity index is 1.43. The number of carbonyl (C=O) groups is 6. The highest BCUT2D eigenvalue weighted by molar-refractivity contribution is 6.46. The molecule has 4 amide bonds. The third kappa shape index (κ3) is 4.26. The number of hydrogen-bond acceptors (Lipinski definition) is 8. The minimum Gasteiger partial charge on any atom is -0.462 e. The van der Waals surface area contributed by atoms with Crippen molar-refractivity contribution in [1.82, 2.24) is 0 Å². The van der Waals surface area contributed by atoms with Crippen molar-refractivity contribution in [3.8, 4) is 0 Å². The van der Waals surface area contributed by atoms with Crippen LogP contribution in [0.3, 0.4) is 0 Å². The molecule has 4 aromatic rings. The predicted octanol–water partition coefficient (Wildman–Crippen LogP) is 5.45. The van der Waals surface area contributed by atoms with Crippen LogP contribution in [0.5, 0.6) is 0 Å². The van der Waals surface area contributed by atoms with Gasteiger partial charge in [-0.05, 0) is 80.6 Å². The van der Waals surface area contributed by atoms with E-state index in [0.29, 0.717) is 0 Å². The third-order valence-electron chi connectivity index (χ3n) is 7.23. The van der Waals surface area contributed by atoms with Crippen molar-refractivity contribution in [2.75, 3.05) is 23.0 Å². The smallest absolute Gasteiger partial charge is 0.338 e. The average Bonchev–Trinajstić information content (AvgIpc) is 3.00. The van der Waals surface area contributed by atoms with Crippen molar-refractivity contribution in [3.05, 3.63) is 105 Å². The molecule has 11 heteroatoms. The third-order valence-corrected chi connectivity index (χ3v) is 7.52. The maximum absolute atomic E-state index is 13.8. The standard InChI is InChI=1S/C32H21ClN2O8/c1-3-42-31(40)16-5-9-18(10-6-16)34-27(36)20-13-14-21-25-24(20)22(29(34)38)15-23(33)26(25)30(39)35(28(21)37)19-11-7-17(8-12-19)32(41)43-4-2/h5-15H,3-4H2,1-2H3. The second-order valence-electron chi connectivity index (χ2n) is 9.62. The summed E-state index contributed by atoms with van der Waals surface area (Å²) in [4.78, 5) is 80.9. The Morgan fingerprint density at radius 2 is 1.02 bits per heavy atom. The quantitative estimate of drug-likeness (QED) is 0.212. The summed E-state index contributed by atoms with van der Waals surface area (Å²) in [5.74, 6) is -3.89. The van der Waals surface area contributed by atoms with Gasteiger partial charge in [-0.2, -0.15) is 0 Å². The molecule has 0 atom stereocenters. The van der Waals surface area contributed by atoms with Crippen LogP contribution in [0, 0.1) is 0 Å². The Labute approximate surface area is 249 Å². The second kappa shape index (κ2) is 10.5. The van der Waals surface area contributed by atoms with Gasteiger partial charge in [-0.3, -0.25) is 19.2 Å². The Kier molecular flexibility index (Phi) is 6.78. The van der Waals surface area contributed by atoms with Gasteiger partial charge in [-0.1, -0.05) is 11.6 Å². The summed E-state index contributed by atoms with van der Waals surface area (Å²) in [5.41, 5.74) is 1.11. The van der Waals surface area contributed by atoms with Crippen LogP contribution in [0.4, 0.5) is 11.4 Å². The molecule has 0 aliphatic carbocycles. The summed E-state index contributed by atoms with van der Waals surface area (Å²) in [5, 5.41) is 0.200. The maximum Gasteiger partial charge on any atom is 0.338 e. The summed E-state index contributed by atoms with van der Waals surface area (Å²) in [7, 11) is 0. The van der Waals surface area contributed by atoms with Gasteiger partial charge in [0.15, 0.2) is 0 Å². The zero-order valence-electron chi connectivity index (χ0n) is 22.8. The molecular formula is C32H21ClN2O8. The number of anilines is 2. The first-order valence-corrected chi connectivity index (χ1v) is 13.7. The topological polar surface area (TPSA) is 127 Å². The molecule has 0 saturated carbocycles. The van der Waals surface area contributed by atoms with Gasteiger partial charge in [-0.25, -0.2) is 19.4 Å². The maximum atomic E-state index is 13.8. The molecule has 214 valence electrons. The van der Waals surface area contributed by atoms with Crippen molar-refractivity contribution in [2.24, 2.45) is 0 Å². The number of hydrogen-bond donors (Lipinski definition) is 0. The number of imide groups is 2. The molecule has 2 aliphatic rings. The number of esters is 2. The molecule has 6 rings (SSSR count). The van der Waals surface area contributed by atoms with E-state index in [9.17, 15) is 28.8 Å². The van der Waals surface area contributed by atoms with E-state index >= 15 is 0 Å². The minimum atomic E-state index is -0.744. The average molecular weight is 597 g/mol. The SMILES string of the molecule is CCOC(=O)c1ccc(N2C(=O)c3ccc4c5c(c(Cl)cc(c35)C2=O)C(=O)N(c2ccc(C(=O)OCC)cc2)C4=O)cc1. The van der Waals surface area contributed by atoms with Gasteiger partial charge < -0.3 is 9.47 Å². The fraction of sp³-hybridized carbons (Fsp3) is 0.125. The minimum absolute atomic E-state index is 0.0285. The largest absolute Gasteiger partial charge is 0.462 e. The van der Waals surface area contributed by atoms with Gasteiger partial charge in [0.2, 0.25) is 0 Å². The first kappa shape index (κ1) is 27.8. The van der Waals surface area contributed by atoms with E-state index in [1.807, 2.05) is 0 Å². The van der Waals surface area contributed by atoms with Gasteiger partial charge in [-0.15, -0.1) is 0 Å². The molecular weight excluding hydrogens is 576 g/mol. The van der Waals surface area contributed by atoms with Gasteiger partial charge in [0, 0.05) is 21.9 Å². The summed E-state index contributed by atoms with van der Waals surface area (Å²) in [6.07, 6.45) is 0. The summed E-state index contributed by atoms with van der Waals surface area (Å²) in [6, 6.07) is 15.7. The molecule has 43 heavy (non-hydrogen) atoms. The van der Waals surface area contributed by atoms with E-state index in [4.69, 9.17) is 21.1 Å². The van der Waals surface area contributed by atoms with Crippen LogP contribution in [0.25, 0.3) is 10.8 Å². The number of amides is 4. The van der Waals surface area contributed by atoms with Gasteiger partial charge in [0.05, 0.1) is 51.9 Å². The van der Waals surface area contributed by atoms with Crippen LogP contribution in [0.1, 0.15) is 76.0 Å². The van der Waals surface area contributed by atoms with Crippen LogP contribution in [0.2, 0.25) is 5.02 Å². The van der Waals surface area contributed by atoms with E-state index < -0.39 is 35.6 Å². The molecule has 0 bridgehead atoms. The van der Waals surface area contributed by atoms with E-state index in [1.54, 1.807) is 13.8 Å². The zero-order valence-corrected chi connectivity index (χ0v) is 23.6. The molecule has 0 spiro atoms. The van der Waals surface area contributed by atoms with Crippen LogP contribution in [-0.2, 0) is 9.47 Å². The Hall–Kier alpha value is -5.35. The first-order valence-electron chi connectivity index (χ1n) is 13.3. The van der Waals surface area contributed by atoms with E-state index in [0.717, 1.165) is 9.80 Å². The highest BCUT2D eigenvalue weighted by atomic mass is 35.5. The molecule has 0 saturated heterocycles. The van der Waals surface area contributed by atoms with Crippen molar-refractivity contribution in [1.29, 1.82) is 0 Å². The van der Waals surface area contributed by atoms with Gasteiger partial charge in [0.25, 0.3) is 23.6 Å². The van der Waals surface area contributed by atoms with Crippen LogP contribution in [-0.4, -0.2) is 48.8 Å². The number of rotatable bonds is 6. The van der Waals surface area contributed by atoms with Gasteiger partial charge >= 0.3 is 11.9 Å². The molecule has 0 radical (unpaired) electrons. The monoisotopic (exact) mass is 596 g/mol. The van der Waals surface area contributed by atoms with Crippen molar-refractivity contribution in [3.63, 3.8) is 0 Å². The molecule has 4 aromatic carbocycles. The second-order valence-corrected chi connectivity index (χ2v) is 10.0. The lowest BCUT2D eigenvalue weighted by molar-refractivity contribution is 0.0517. The van der Waals surface area contributed by atoms with Crippen molar-refractivity contribution >= 4 is 69.3 Å². The van der Waals surface area contributed by atoms with Crippen LogP contribution >= 0.6 is 11.6 Å². The lowest BCUT2D eigenvalue weighted by Crippen LogP contribution is -2.43. The zero-order chi connectivity index (χ0) is 30.6. The number of ether oxygens (including phenoxy) is 2. The number of halogens is 1. The summed E-state index contributed by atoms with van der Waals surface area (Å²) >= 11 is 6.62. The molecule has 10 nitrogen and oxygen atoms in total. The number of benzene rings is 4. The fourth-order valence-corrected chi connectivity index (χ4v) is 5.60. The molecule has 2 heterocycles. The molecule has 0 aromatic heterocycles. The Morgan fingerprint density at radius 3 is 1.49 bits per heavy atom. The molecule has 0 fully saturated rings. The summed E-state index contributed by atoms with van der Waals surface area (Å²) in [6.45, 7) is 3.75. The lowest BCUT2D eigenvalue weighted by Gasteiger charge is -2.32. The fourth-order valence-electron chi connectivity index (χ4n) is 5.32. The van der Waals surface area contributed by atoms with E-state index in [1.165, 1.54) is 66.7 Å². The summed E-state index contributed by atoms with van der Waals surface area (Å²) < 4.78 is 9.98. The molecule has 0 unspecified atom stereocenters. The number of nitrogens with zero attached hydrogens (tertiary/aromatic N) is 2. The highest BCUT2D eigenvalue weighted by Crippen LogP contribution is 2.43. The lowest BCUT2D eigenvalue weighted by atomic mass is 9.85. The Morgan fingerprint density at radius 1 is 0.605 bits per heavy atom. The highest BCUT2D eigenvalue weighted by Gasteiger charge is 2.42. The van der Waals surface area contributed by atoms with Crippen LogP contribution < -0.4 is 9.80 Å². The van der Waals surface area contributed by atoms with Crippen molar-refractivity contribution < 1.29 is 38.2 Å².